The van der Waals surface area contributed by atoms with Gasteiger partial charge in [0.1, 0.15) is 161 Å². The number of nitrogen functional groups attached to an aromatic ring is 3. The van der Waals surface area contributed by atoms with E-state index in [4.69, 9.17) is 59.6 Å². The Morgan fingerprint density at radius 3 is 1.15 bits per heavy atom. The Bertz CT molecular complexity index is 6480. The van der Waals surface area contributed by atoms with Gasteiger partial charge in [-0.05, 0) is 113 Å². The van der Waals surface area contributed by atoms with E-state index in [-0.39, 0.29) is 85.0 Å². The second-order valence-corrected chi connectivity index (χ2v) is 33.4. The fraction of sp³-hybridized carbons (Fsp3) is 0.221. The van der Waals surface area contributed by atoms with Gasteiger partial charge in [0.05, 0.1) is 90.3 Å². The summed E-state index contributed by atoms with van der Waals surface area (Å²) in [4.78, 5) is 40.6. The minimum atomic E-state index is -4.11. The van der Waals surface area contributed by atoms with Crippen LogP contribution in [0, 0.1) is 52.1 Å². The molecule has 640 valence electrons. The Balaban J connectivity index is 0.000000158. The zero-order chi connectivity index (χ0) is 87.1. The van der Waals surface area contributed by atoms with Crippen LogP contribution in [-0.4, -0.2) is 138 Å². The zero-order valence-corrected chi connectivity index (χ0v) is 71.5. The van der Waals surface area contributed by atoms with E-state index in [9.17, 15) is 36.9 Å². The van der Waals surface area contributed by atoms with Gasteiger partial charge < -0.3 is 72.6 Å². The standard InChI is InChI=1S/C32H29FN6O6S2.C25H23FN6O4S.C25H21FN6O3S.C4H9.Li/c1-19-3-9-28(10-4-19)47(41,42)44-16-23(15-40)39-32-29(31(34)36-18-37-32)30(38-39)21-5-7-24(8-6-21)45-26-12-22(33)11-25(13-26)43-17-27-14-35-20(2)46-27;1-14-28-9-21(37-14)12-35-19-6-16(26)7-20(8-19)36-18-4-2-15(3-5-18)23-22-24(27)29-13-30-25(22)32(31-23)17(10-33)11-34;1-14-28-9-21(36-14)12-34-19-6-16(26)7-20(8-19)35-18-4-2-15(3-5-18)23-22-24(27)29-13-30-25(22)32(31-23)17-10-33-11-17;1-3-4-2;/h3-14,18,23,40H,15-17H2,1-2H3,(H2,34,36,37);2-9,13,17,33-34H,10-12H2,1H3,(H2,27,29,30);2-9,13,17H,10-12H2,1H3,(H2,27,29,30);1,3-4H2,2H3;/q;;;-1;+1. The summed E-state index contributed by atoms with van der Waals surface area (Å²) in [6, 6.07) is 38.4. The molecule has 1 aliphatic heterocycles. The van der Waals surface area contributed by atoms with Gasteiger partial charge in [-0.15, -0.1) is 34.0 Å². The molecule has 31 nitrogen and oxygen atoms in total. The van der Waals surface area contributed by atoms with Crippen molar-refractivity contribution >= 4 is 94.7 Å². The molecule has 1 aliphatic rings. The number of hydrogen-bond acceptors (Lipinski definition) is 31. The predicted octanol–water partition coefficient (Wildman–Crippen LogP) is 13.0. The Morgan fingerprint density at radius 2 is 0.816 bits per heavy atom. The Labute approximate surface area is 738 Å². The van der Waals surface area contributed by atoms with Crippen LogP contribution in [0.15, 0.2) is 194 Å². The van der Waals surface area contributed by atoms with E-state index in [1.807, 2.05) is 44.5 Å². The number of hydrogen-bond donors (Lipinski definition) is 6. The summed E-state index contributed by atoms with van der Waals surface area (Å²) in [6.45, 7) is 13.7. The third-order valence-corrected chi connectivity index (χ3v) is 22.7. The number of rotatable bonds is 29. The van der Waals surface area contributed by atoms with Crippen molar-refractivity contribution in [3.63, 3.8) is 0 Å². The summed E-state index contributed by atoms with van der Waals surface area (Å²) in [5.41, 5.74) is 24.5. The number of aryl methyl sites for hydroxylation is 4. The number of thiazole rings is 3. The Hall–Kier alpha value is -12.6. The molecule has 39 heteroatoms. The summed E-state index contributed by atoms with van der Waals surface area (Å²) in [5.74, 6) is 2.57. The first-order valence-electron chi connectivity index (χ1n) is 38.5. The van der Waals surface area contributed by atoms with E-state index in [0.717, 1.165) is 47.2 Å². The third-order valence-electron chi connectivity index (χ3n) is 18.7. The first-order valence-corrected chi connectivity index (χ1v) is 42.4. The maximum Gasteiger partial charge on any atom is 1.00 e. The van der Waals surface area contributed by atoms with Crippen LogP contribution < -0.4 is 64.5 Å². The average Bonchev–Trinajstić information content (AvgIpc) is 1.62. The molecule has 1 unspecified atom stereocenters. The summed E-state index contributed by atoms with van der Waals surface area (Å²) in [5, 5.41) is 47.9. The first kappa shape index (κ1) is 90.2. The van der Waals surface area contributed by atoms with Crippen LogP contribution in [0.3, 0.4) is 0 Å². The number of benzene rings is 7. The van der Waals surface area contributed by atoms with Gasteiger partial charge in [0, 0.05) is 89.9 Å². The Kier molecular flexibility index (Phi) is 29.8. The molecule has 0 bridgehead atoms. The smallest absolute Gasteiger partial charge is 0.488 e. The molecule has 9 N–H and O–H groups in total. The summed E-state index contributed by atoms with van der Waals surface area (Å²) >= 11 is 4.55. The van der Waals surface area contributed by atoms with E-state index >= 15 is 0 Å². The average molecular weight is 1770 g/mol. The van der Waals surface area contributed by atoms with Crippen LogP contribution in [0.2, 0.25) is 0 Å². The van der Waals surface area contributed by atoms with Crippen molar-refractivity contribution < 1.29 is 93.1 Å². The molecule has 1 atom stereocenters. The van der Waals surface area contributed by atoms with Crippen LogP contribution in [0.5, 0.6) is 51.7 Å². The summed E-state index contributed by atoms with van der Waals surface area (Å²) < 4.78 is 119. The van der Waals surface area contributed by atoms with Gasteiger partial charge in [0.25, 0.3) is 10.1 Å². The van der Waals surface area contributed by atoms with Crippen LogP contribution in [0.4, 0.5) is 30.6 Å². The quantitative estimate of drug-likeness (QED) is 0.0144. The number of nitrogens with two attached hydrogens (primary N) is 3. The number of fused-ring (bicyclic) bond motifs is 3. The fourth-order valence-corrected chi connectivity index (χ4v) is 15.5. The molecule has 1 fully saturated rings. The first-order chi connectivity index (χ1) is 60.0. The molecule has 0 saturated carbocycles. The molecule has 0 spiro atoms. The van der Waals surface area contributed by atoms with Crippen molar-refractivity contribution in [1.29, 1.82) is 0 Å². The molecule has 125 heavy (non-hydrogen) atoms. The summed E-state index contributed by atoms with van der Waals surface area (Å²) in [6.07, 6.45) is 11.5. The number of aliphatic hydroxyl groups excluding tert-OH is 3. The number of halogens is 3. The van der Waals surface area contributed by atoms with Crippen molar-refractivity contribution in [2.45, 2.75) is 90.3 Å². The van der Waals surface area contributed by atoms with Gasteiger partial charge in [-0.3, -0.25) is 4.18 Å². The molecule has 9 aromatic heterocycles. The third kappa shape index (κ3) is 22.3. The number of aliphatic hydroxyl groups is 3. The molecular weight excluding hydrogens is 1690 g/mol. The molecule has 0 radical (unpaired) electrons. The van der Waals surface area contributed by atoms with E-state index in [0.29, 0.717) is 122 Å². The minimum absolute atomic E-state index is 0. The van der Waals surface area contributed by atoms with Gasteiger partial charge in [0.2, 0.25) is 0 Å². The second-order valence-electron chi connectivity index (χ2n) is 27.9. The number of nitrogens with zero attached hydrogens (tertiary/aromatic N) is 15. The van der Waals surface area contributed by atoms with Gasteiger partial charge in [-0.2, -0.15) is 30.1 Å². The minimum Gasteiger partial charge on any atom is -0.488 e. The molecule has 16 aromatic rings. The van der Waals surface area contributed by atoms with Crippen LogP contribution >= 0.6 is 34.0 Å². The van der Waals surface area contributed by atoms with Crippen LogP contribution in [0.25, 0.3) is 66.9 Å². The second kappa shape index (κ2) is 41.3. The molecule has 10 heterocycles. The van der Waals surface area contributed by atoms with Crippen molar-refractivity contribution in [3.8, 4) is 85.5 Å². The monoisotopic (exact) mass is 1770 g/mol. The van der Waals surface area contributed by atoms with Gasteiger partial charge in [0.15, 0.2) is 16.9 Å². The van der Waals surface area contributed by atoms with Crippen molar-refractivity contribution in [2.75, 3.05) is 56.8 Å². The van der Waals surface area contributed by atoms with Crippen LogP contribution in [-0.2, 0) is 38.9 Å². The van der Waals surface area contributed by atoms with E-state index < -0.39 is 52.9 Å². The normalized spacial score (nSPS) is 12.2. The summed E-state index contributed by atoms with van der Waals surface area (Å²) in [7, 11) is -4.11. The number of anilines is 3. The van der Waals surface area contributed by atoms with E-state index in [2.05, 4.69) is 68.9 Å². The molecule has 17 rings (SSSR count). The molecule has 7 aromatic carbocycles. The zero-order valence-electron chi connectivity index (χ0n) is 68.2. The molecule has 1 saturated heterocycles. The predicted molar refractivity (Wildman–Crippen MR) is 462 cm³/mol. The van der Waals surface area contributed by atoms with Crippen LogP contribution in [0.1, 0.15) is 73.1 Å². The largest absolute Gasteiger partial charge is 1.00 e. The maximum absolute atomic E-state index is 14.4. The van der Waals surface area contributed by atoms with Crippen molar-refractivity contribution in [1.82, 2.24) is 74.2 Å². The molecule has 0 aliphatic carbocycles. The molecule has 0 amide bonds. The number of ether oxygens (including phenoxy) is 7. The number of aromatic nitrogens is 15. The van der Waals surface area contributed by atoms with Gasteiger partial charge >= 0.3 is 18.9 Å². The van der Waals surface area contributed by atoms with E-state index in [1.54, 1.807) is 110 Å². The van der Waals surface area contributed by atoms with Crippen molar-refractivity contribution in [3.05, 3.63) is 249 Å². The number of unbranched alkanes of at least 4 members (excludes halogenated alkanes) is 1. The fourth-order valence-electron chi connectivity index (χ4n) is 12.4. The topological polar surface area (TPSA) is 416 Å². The maximum atomic E-state index is 14.4. The van der Waals surface area contributed by atoms with E-state index in [1.165, 1.54) is 117 Å². The van der Waals surface area contributed by atoms with Gasteiger partial charge in [-0.25, -0.2) is 72.1 Å². The Morgan fingerprint density at radius 1 is 0.472 bits per heavy atom. The SMILES string of the molecule is Cc1ccc(S(=O)(=O)OCC(CO)n2nc(-c3ccc(Oc4cc(F)cc(OCc5cnc(C)s5)c4)cc3)c3c(N)ncnc32)cc1.Cc1ncc(COc2cc(F)cc(Oc3ccc(-c4nn(C(CO)CO)c5ncnc(N)c45)cc3)c2)s1.Cc1ncc(COc2cc(F)cc(Oc3ccc(-c4nn(C5COC5)c5ncnc(N)c45)cc3)c2)s1.[CH2-]CCC.[Li+]. The van der Waals surface area contributed by atoms with Crippen molar-refractivity contribution in [2.24, 2.45) is 0 Å². The molecular formula is C86H82F3LiN18O13S4. The van der Waals surface area contributed by atoms with Gasteiger partial charge in [-0.1, -0.05) is 31.0 Å².